The van der Waals surface area contributed by atoms with E-state index in [9.17, 15) is 4.79 Å². The van der Waals surface area contributed by atoms with Crippen LogP contribution >= 0.6 is 0 Å². The van der Waals surface area contributed by atoms with Crippen LogP contribution in [0.3, 0.4) is 0 Å². The van der Waals surface area contributed by atoms with Crippen LogP contribution in [0.5, 0.6) is 17.2 Å². The van der Waals surface area contributed by atoms with Crippen LogP contribution in [0.2, 0.25) is 0 Å². The predicted molar refractivity (Wildman–Crippen MR) is 119 cm³/mol. The van der Waals surface area contributed by atoms with E-state index in [0.717, 1.165) is 17.1 Å². The van der Waals surface area contributed by atoms with Crippen LogP contribution in [0, 0.1) is 6.92 Å². The van der Waals surface area contributed by atoms with E-state index in [2.05, 4.69) is 4.90 Å². The molecule has 7 heteroatoms. The maximum absolute atomic E-state index is 13.5. The van der Waals surface area contributed by atoms with Crippen molar-refractivity contribution in [1.29, 1.82) is 0 Å². The molecule has 2 aromatic carbocycles. The van der Waals surface area contributed by atoms with Gasteiger partial charge in [-0.05, 0) is 48.9 Å². The van der Waals surface area contributed by atoms with Crippen molar-refractivity contribution < 1.29 is 23.0 Å². The molecule has 0 bridgehead atoms. The van der Waals surface area contributed by atoms with Gasteiger partial charge in [0.2, 0.25) is 5.43 Å². The van der Waals surface area contributed by atoms with Gasteiger partial charge >= 0.3 is 0 Å². The van der Waals surface area contributed by atoms with E-state index in [-0.39, 0.29) is 5.43 Å². The van der Waals surface area contributed by atoms with Crippen LogP contribution in [0.4, 0.5) is 0 Å². The summed E-state index contributed by atoms with van der Waals surface area (Å²) in [5.74, 6) is 3.27. The van der Waals surface area contributed by atoms with Gasteiger partial charge in [0.15, 0.2) is 11.5 Å². The first-order chi connectivity index (χ1) is 15.6. The SMILES string of the molecule is COc1ccc(-c2c(C)oc3c4c(ccc3c2=O)OCN(Cc2ccco2)C4)cc1OC. The van der Waals surface area contributed by atoms with E-state index in [1.807, 2.05) is 24.3 Å². The second-order valence-electron chi connectivity index (χ2n) is 7.69. The van der Waals surface area contributed by atoms with Crippen molar-refractivity contribution in [2.45, 2.75) is 20.0 Å². The van der Waals surface area contributed by atoms with Crippen molar-refractivity contribution in [3.63, 3.8) is 0 Å². The highest BCUT2D eigenvalue weighted by atomic mass is 16.5. The summed E-state index contributed by atoms with van der Waals surface area (Å²) in [5.41, 5.74) is 2.53. The molecule has 0 spiro atoms. The second-order valence-corrected chi connectivity index (χ2v) is 7.69. The molecular formula is C25H23NO6. The van der Waals surface area contributed by atoms with Crippen molar-refractivity contribution in [3.8, 4) is 28.4 Å². The summed E-state index contributed by atoms with van der Waals surface area (Å²) in [6.45, 7) is 3.43. The fourth-order valence-corrected chi connectivity index (χ4v) is 4.17. The fraction of sp³-hybridized carbons (Fsp3) is 0.240. The van der Waals surface area contributed by atoms with E-state index in [1.165, 1.54) is 0 Å². The smallest absolute Gasteiger partial charge is 0.200 e. The molecular weight excluding hydrogens is 410 g/mol. The third kappa shape index (κ3) is 3.40. The molecule has 0 unspecified atom stereocenters. The Bertz CT molecular complexity index is 1340. The van der Waals surface area contributed by atoms with Gasteiger partial charge in [0, 0.05) is 6.54 Å². The largest absolute Gasteiger partial charge is 0.493 e. The van der Waals surface area contributed by atoms with Crippen LogP contribution in [0.15, 0.2) is 62.4 Å². The zero-order chi connectivity index (χ0) is 22.2. The Morgan fingerprint density at radius 1 is 1.06 bits per heavy atom. The van der Waals surface area contributed by atoms with Gasteiger partial charge in [0.05, 0.1) is 43.5 Å². The molecule has 0 N–H and O–H groups in total. The first-order valence-electron chi connectivity index (χ1n) is 10.3. The molecule has 0 aliphatic carbocycles. The average molecular weight is 433 g/mol. The van der Waals surface area contributed by atoms with Crippen LogP contribution in [-0.2, 0) is 13.1 Å². The minimum atomic E-state index is -0.0954. The van der Waals surface area contributed by atoms with Gasteiger partial charge in [-0.2, -0.15) is 0 Å². The van der Waals surface area contributed by atoms with E-state index < -0.39 is 0 Å². The number of aryl methyl sites for hydroxylation is 1. The lowest BCUT2D eigenvalue weighted by atomic mass is 10.00. The zero-order valence-electron chi connectivity index (χ0n) is 18.1. The molecule has 164 valence electrons. The molecule has 3 heterocycles. The number of fused-ring (bicyclic) bond motifs is 3. The summed E-state index contributed by atoms with van der Waals surface area (Å²) in [7, 11) is 3.14. The summed E-state index contributed by atoms with van der Waals surface area (Å²) in [6.07, 6.45) is 1.65. The first kappa shape index (κ1) is 20.2. The number of hydrogen-bond donors (Lipinski definition) is 0. The van der Waals surface area contributed by atoms with E-state index in [0.29, 0.717) is 59.2 Å². The maximum atomic E-state index is 13.5. The molecule has 1 aliphatic rings. The Kier molecular flexibility index (Phi) is 5.11. The third-order valence-electron chi connectivity index (χ3n) is 5.71. The summed E-state index contributed by atoms with van der Waals surface area (Å²) in [4.78, 5) is 15.6. The van der Waals surface area contributed by atoms with Crippen LogP contribution in [0.25, 0.3) is 22.1 Å². The maximum Gasteiger partial charge on any atom is 0.200 e. The first-order valence-corrected chi connectivity index (χ1v) is 10.3. The monoisotopic (exact) mass is 433 g/mol. The highest BCUT2D eigenvalue weighted by Crippen LogP contribution is 2.36. The average Bonchev–Trinajstić information content (AvgIpc) is 3.32. The van der Waals surface area contributed by atoms with Crippen molar-refractivity contribution in [1.82, 2.24) is 4.90 Å². The van der Waals surface area contributed by atoms with Crippen molar-refractivity contribution in [3.05, 3.63) is 76.0 Å². The highest BCUT2D eigenvalue weighted by Gasteiger charge is 2.24. The van der Waals surface area contributed by atoms with Crippen LogP contribution in [0.1, 0.15) is 17.1 Å². The number of nitrogens with zero attached hydrogens (tertiary/aromatic N) is 1. The number of hydrogen-bond acceptors (Lipinski definition) is 7. The number of benzene rings is 2. The third-order valence-corrected chi connectivity index (χ3v) is 5.71. The van der Waals surface area contributed by atoms with Gasteiger partial charge in [0.25, 0.3) is 0 Å². The van der Waals surface area contributed by atoms with E-state index in [1.54, 1.807) is 45.6 Å². The predicted octanol–water partition coefficient (Wildman–Crippen LogP) is 4.73. The summed E-state index contributed by atoms with van der Waals surface area (Å²) >= 11 is 0. The van der Waals surface area contributed by atoms with Crippen LogP contribution in [-0.4, -0.2) is 25.9 Å². The fourth-order valence-electron chi connectivity index (χ4n) is 4.17. The molecule has 0 amide bonds. The molecule has 7 nitrogen and oxygen atoms in total. The van der Waals surface area contributed by atoms with Crippen molar-refractivity contribution >= 4 is 11.0 Å². The lowest BCUT2D eigenvalue weighted by Crippen LogP contribution is -2.31. The molecule has 5 rings (SSSR count). The van der Waals surface area contributed by atoms with Gasteiger partial charge in [0.1, 0.15) is 29.6 Å². The number of rotatable bonds is 5. The number of methoxy groups -OCH3 is 2. The number of furan rings is 1. The minimum absolute atomic E-state index is 0.0954. The van der Waals surface area contributed by atoms with Gasteiger partial charge in [-0.3, -0.25) is 9.69 Å². The Hall–Kier alpha value is -3.71. The Balaban J connectivity index is 1.59. The molecule has 0 saturated heterocycles. The van der Waals surface area contributed by atoms with Gasteiger partial charge < -0.3 is 23.0 Å². The standard InChI is InChI=1S/C25H23NO6/c1-15-23(16-6-8-21(28-2)22(11-16)29-3)24(27)18-7-9-20-19(25(18)32-15)13-26(14-31-20)12-17-5-4-10-30-17/h4-11H,12-14H2,1-3H3. The molecule has 1 aliphatic heterocycles. The van der Waals surface area contributed by atoms with Crippen molar-refractivity contribution in [2.24, 2.45) is 0 Å². The molecule has 0 atom stereocenters. The van der Waals surface area contributed by atoms with E-state index >= 15 is 0 Å². The van der Waals surface area contributed by atoms with Crippen molar-refractivity contribution in [2.75, 3.05) is 21.0 Å². The number of ether oxygens (including phenoxy) is 3. The topological polar surface area (TPSA) is 74.3 Å². The normalized spacial score (nSPS) is 13.6. The van der Waals surface area contributed by atoms with Gasteiger partial charge in [-0.15, -0.1) is 0 Å². The Morgan fingerprint density at radius 2 is 1.91 bits per heavy atom. The zero-order valence-corrected chi connectivity index (χ0v) is 18.1. The summed E-state index contributed by atoms with van der Waals surface area (Å²) < 4.78 is 28.4. The summed E-state index contributed by atoms with van der Waals surface area (Å²) in [5, 5.41) is 0.516. The lowest BCUT2D eigenvalue weighted by molar-refractivity contribution is 0.0826. The molecule has 32 heavy (non-hydrogen) atoms. The lowest BCUT2D eigenvalue weighted by Gasteiger charge is -2.28. The van der Waals surface area contributed by atoms with Gasteiger partial charge in [-0.1, -0.05) is 6.07 Å². The Labute approximate surface area is 184 Å². The van der Waals surface area contributed by atoms with Crippen LogP contribution < -0.4 is 19.6 Å². The quantitative estimate of drug-likeness (QED) is 0.450. The van der Waals surface area contributed by atoms with Gasteiger partial charge in [-0.25, -0.2) is 0 Å². The molecule has 4 aromatic rings. The molecule has 0 radical (unpaired) electrons. The van der Waals surface area contributed by atoms with E-state index in [4.69, 9.17) is 23.0 Å². The minimum Gasteiger partial charge on any atom is -0.493 e. The molecule has 0 saturated carbocycles. The molecule has 0 fully saturated rings. The Morgan fingerprint density at radius 3 is 2.66 bits per heavy atom. The second kappa shape index (κ2) is 8.09. The summed E-state index contributed by atoms with van der Waals surface area (Å²) in [6, 6.07) is 12.8. The highest BCUT2D eigenvalue weighted by molar-refractivity contribution is 5.87. The molecule has 2 aromatic heterocycles.